The fourth-order valence-corrected chi connectivity index (χ4v) is 2.64. The number of rotatable bonds is 5. The largest absolute Gasteiger partial charge is 0.352 e. The van der Waals surface area contributed by atoms with Crippen LogP contribution in [0.3, 0.4) is 0 Å². The summed E-state index contributed by atoms with van der Waals surface area (Å²) in [7, 11) is 0.427. The third-order valence-corrected chi connectivity index (χ3v) is 4.52. The van der Waals surface area contributed by atoms with E-state index in [1.165, 1.54) is 6.26 Å². The lowest BCUT2D eigenvalue weighted by Crippen LogP contribution is -2.36. The molecule has 0 fully saturated rings. The molecule has 0 amide bonds. The molecule has 9 heteroatoms. The van der Waals surface area contributed by atoms with Crippen LogP contribution in [0.25, 0.3) is 0 Å². The molecule has 1 heterocycles. The molecule has 0 unspecified atom stereocenters. The van der Waals surface area contributed by atoms with Crippen LogP contribution in [0.5, 0.6) is 0 Å². The van der Waals surface area contributed by atoms with Crippen molar-refractivity contribution in [2.75, 3.05) is 13.3 Å². The Kier molecular flexibility index (Phi) is 7.67. The number of nitrogens with zero attached hydrogens (tertiary/aromatic N) is 3. The summed E-state index contributed by atoms with van der Waals surface area (Å²) in [4.78, 5) is 4.48. The lowest BCUT2D eigenvalue weighted by Gasteiger charge is -2.12. The van der Waals surface area contributed by atoms with E-state index in [0.717, 1.165) is 11.3 Å². The average molecular weight is 463 g/mol. The summed E-state index contributed by atoms with van der Waals surface area (Å²) >= 11 is 0. The number of aromatic nitrogens is 2. The summed E-state index contributed by atoms with van der Waals surface area (Å²) in [5.41, 5.74) is 2.02. The first kappa shape index (κ1) is 20.4. The van der Waals surface area contributed by atoms with Crippen LogP contribution in [-0.4, -0.2) is 37.5 Å². The van der Waals surface area contributed by atoms with Crippen molar-refractivity contribution in [2.24, 2.45) is 12.0 Å². The fourth-order valence-electron chi connectivity index (χ4n) is 2.01. The predicted molar refractivity (Wildman–Crippen MR) is 105 cm³/mol. The summed E-state index contributed by atoms with van der Waals surface area (Å²) < 4.78 is 24.7. The molecule has 1 aromatic carbocycles. The van der Waals surface area contributed by atoms with Crippen molar-refractivity contribution in [3.05, 3.63) is 47.8 Å². The van der Waals surface area contributed by atoms with E-state index in [1.807, 2.05) is 13.1 Å². The summed E-state index contributed by atoms with van der Waals surface area (Å²) in [6.07, 6.45) is 2.95. The van der Waals surface area contributed by atoms with Crippen LogP contribution in [0.1, 0.15) is 11.3 Å². The van der Waals surface area contributed by atoms with Crippen molar-refractivity contribution >= 4 is 39.8 Å². The molecule has 1 aromatic heterocycles. The molecular formula is C15H22IN5O2S. The zero-order valence-electron chi connectivity index (χ0n) is 13.9. The van der Waals surface area contributed by atoms with Gasteiger partial charge in [0.1, 0.15) is 0 Å². The molecule has 0 saturated carbocycles. The number of hydrogen-bond acceptors (Lipinski definition) is 4. The zero-order valence-corrected chi connectivity index (χ0v) is 17.0. The quantitative estimate of drug-likeness (QED) is 0.397. The summed E-state index contributed by atoms with van der Waals surface area (Å²) in [6, 6.07) is 8.73. The van der Waals surface area contributed by atoms with E-state index in [4.69, 9.17) is 0 Å². The normalized spacial score (nSPS) is 11.7. The van der Waals surface area contributed by atoms with E-state index in [9.17, 15) is 8.42 Å². The van der Waals surface area contributed by atoms with Gasteiger partial charge in [0, 0.05) is 33.1 Å². The van der Waals surface area contributed by atoms with Gasteiger partial charge in [-0.05, 0) is 23.8 Å². The Balaban J connectivity index is 0.00000288. The van der Waals surface area contributed by atoms with E-state index in [1.54, 1.807) is 42.2 Å². The van der Waals surface area contributed by atoms with Crippen molar-refractivity contribution in [3.63, 3.8) is 0 Å². The molecule has 0 aliphatic rings. The molecule has 0 atom stereocenters. The number of nitrogens with one attached hydrogen (secondary N) is 2. The van der Waals surface area contributed by atoms with Crippen molar-refractivity contribution in [1.29, 1.82) is 0 Å². The second-order valence-electron chi connectivity index (χ2n) is 5.14. The number of hydrogen-bond donors (Lipinski definition) is 2. The number of guanidine groups is 1. The SMILES string of the molecule is CN=C(NCc1ccc(S(C)(=O)=O)cc1)NCc1ccnn1C.I. The standard InChI is InChI=1S/C15H21N5O2S.HI/c1-16-15(18-11-13-8-9-19-20(13)2)17-10-12-4-6-14(7-5-12)23(3,21)22;/h4-9H,10-11H2,1-3H3,(H2,16,17,18);1H. The molecule has 7 nitrogen and oxygen atoms in total. The summed E-state index contributed by atoms with van der Waals surface area (Å²) in [6.45, 7) is 1.16. The maximum atomic E-state index is 11.4. The second-order valence-corrected chi connectivity index (χ2v) is 7.16. The van der Waals surface area contributed by atoms with Crippen LogP contribution in [0.15, 0.2) is 46.4 Å². The van der Waals surface area contributed by atoms with Gasteiger partial charge in [-0.25, -0.2) is 8.42 Å². The highest BCUT2D eigenvalue weighted by atomic mass is 127. The Morgan fingerprint density at radius 1 is 1.17 bits per heavy atom. The number of aliphatic imine (C=N–C) groups is 1. The highest BCUT2D eigenvalue weighted by molar-refractivity contribution is 14.0. The minimum Gasteiger partial charge on any atom is -0.352 e. The van der Waals surface area contributed by atoms with Crippen LogP contribution in [0.4, 0.5) is 0 Å². The van der Waals surface area contributed by atoms with Crippen LogP contribution in [-0.2, 0) is 30.0 Å². The van der Waals surface area contributed by atoms with E-state index >= 15 is 0 Å². The zero-order chi connectivity index (χ0) is 16.9. The molecule has 0 aliphatic heterocycles. The number of sulfone groups is 1. The maximum Gasteiger partial charge on any atom is 0.191 e. The van der Waals surface area contributed by atoms with Gasteiger partial charge in [-0.1, -0.05) is 12.1 Å². The predicted octanol–water partition coefficient (Wildman–Crippen LogP) is 1.31. The Hall–Kier alpha value is -1.62. The van der Waals surface area contributed by atoms with Crippen molar-refractivity contribution < 1.29 is 8.42 Å². The van der Waals surface area contributed by atoms with Gasteiger partial charge in [-0.2, -0.15) is 5.10 Å². The Labute approximate surface area is 159 Å². The van der Waals surface area contributed by atoms with Gasteiger partial charge in [-0.3, -0.25) is 9.67 Å². The van der Waals surface area contributed by atoms with E-state index in [-0.39, 0.29) is 24.0 Å². The monoisotopic (exact) mass is 463 g/mol. The van der Waals surface area contributed by atoms with Crippen molar-refractivity contribution in [2.45, 2.75) is 18.0 Å². The highest BCUT2D eigenvalue weighted by Crippen LogP contribution is 2.10. The van der Waals surface area contributed by atoms with Crippen LogP contribution < -0.4 is 10.6 Å². The van der Waals surface area contributed by atoms with E-state index in [2.05, 4.69) is 20.7 Å². The Morgan fingerprint density at radius 3 is 2.29 bits per heavy atom. The van der Waals surface area contributed by atoms with E-state index < -0.39 is 9.84 Å². The first-order valence-electron chi connectivity index (χ1n) is 7.10. The molecule has 0 saturated heterocycles. The van der Waals surface area contributed by atoms with Crippen molar-refractivity contribution in [1.82, 2.24) is 20.4 Å². The van der Waals surface area contributed by atoms with Gasteiger partial charge in [-0.15, -0.1) is 24.0 Å². The van der Waals surface area contributed by atoms with Gasteiger partial charge >= 0.3 is 0 Å². The first-order chi connectivity index (χ1) is 10.9. The van der Waals surface area contributed by atoms with E-state index in [0.29, 0.717) is 23.9 Å². The molecule has 0 radical (unpaired) electrons. The maximum absolute atomic E-state index is 11.4. The highest BCUT2D eigenvalue weighted by Gasteiger charge is 2.06. The lowest BCUT2D eigenvalue weighted by atomic mass is 10.2. The summed E-state index contributed by atoms with van der Waals surface area (Å²) in [5.74, 6) is 0.665. The minimum absolute atomic E-state index is 0. The first-order valence-corrected chi connectivity index (χ1v) is 8.99. The third kappa shape index (κ3) is 5.78. The molecule has 0 aliphatic carbocycles. The molecular weight excluding hydrogens is 441 g/mol. The van der Waals surface area contributed by atoms with Gasteiger partial charge in [0.05, 0.1) is 17.1 Å². The average Bonchev–Trinajstić information content (AvgIpc) is 2.92. The lowest BCUT2D eigenvalue weighted by molar-refractivity contribution is 0.602. The number of aryl methyl sites for hydroxylation is 1. The molecule has 0 spiro atoms. The fraction of sp³-hybridized carbons (Fsp3) is 0.333. The van der Waals surface area contributed by atoms with Crippen LogP contribution in [0.2, 0.25) is 0 Å². The van der Waals surface area contributed by atoms with Crippen LogP contribution >= 0.6 is 24.0 Å². The number of halogens is 1. The third-order valence-electron chi connectivity index (χ3n) is 3.39. The summed E-state index contributed by atoms with van der Waals surface area (Å²) in [5, 5.41) is 10.5. The van der Waals surface area contributed by atoms with Gasteiger partial charge in [0.15, 0.2) is 15.8 Å². The molecule has 2 N–H and O–H groups in total. The molecule has 2 rings (SSSR count). The topological polar surface area (TPSA) is 88.4 Å². The van der Waals surface area contributed by atoms with Gasteiger partial charge in [0.2, 0.25) is 0 Å². The molecule has 24 heavy (non-hydrogen) atoms. The smallest absolute Gasteiger partial charge is 0.191 e. The Bertz CT molecular complexity index is 784. The van der Waals surface area contributed by atoms with Gasteiger partial charge in [0.25, 0.3) is 0 Å². The van der Waals surface area contributed by atoms with Crippen LogP contribution in [0, 0.1) is 0 Å². The molecule has 0 bridgehead atoms. The molecule has 132 valence electrons. The van der Waals surface area contributed by atoms with Crippen molar-refractivity contribution in [3.8, 4) is 0 Å². The Morgan fingerprint density at radius 2 is 1.79 bits per heavy atom. The minimum atomic E-state index is -3.16. The second kappa shape index (κ2) is 9.02. The molecule has 2 aromatic rings. The number of benzene rings is 1. The van der Waals surface area contributed by atoms with Gasteiger partial charge < -0.3 is 10.6 Å².